The van der Waals surface area contributed by atoms with Crippen LogP contribution >= 0.6 is 12.0 Å². The largest absolute Gasteiger partial charge is 1.00 e. The quantitative estimate of drug-likeness (QED) is 0.300. The summed E-state index contributed by atoms with van der Waals surface area (Å²) in [7, 11) is -3.16. The molecule has 0 aliphatic carbocycles. The Labute approximate surface area is 100 Å². The molecule has 70 valence electrons. The Hall–Kier alpha value is 1.22. The van der Waals surface area contributed by atoms with E-state index in [0.29, 0.717) is 0 Å². The molecule has 0 atom stereocenters. The van der Waals surface area contributed by atoms with E-state index in [0.717, 1.165) is 0 Å². The van der Waals surface area contributed by atoms with Crippen LogP contribution in [-0.4, -0.2) is 41.9 Å². The van der Waals surface area contributed by atoms with Crippen molar-refractivity contribution in [3.63, 3.8) is 0 Å². The molecular formula is C5H12NaO4S2-. The van der Waals surface area contributed by atoms with Crippen LogP contribution in [0.2, 0.25) is 0 Å². The van der Waals surface area contributed by atoms with Gasteiger partial charge in [0.2, 0.25) is 0 Å². The predicted molar refractivity (Wildman–Crippen MR) is 45.4 cm³/mol. The van der Waals surface area contributed by atoms with E-state index in [4.69, 9.17) is 5.11 Å². The first-order valence-electron chi connectivity index (χ1n) is 2.68. The monoisotopic (exact) mass is 223 g/mol. The fourth-order valence-corrected chi connectivity index (χ4v) is 2.17. The van der Waals surface area contributed by atoms with Gasteiger partial charge in [-0.1, -0.05) is 0 Å². The molecule has 0 bridgehead atoms. The molecule has 0 aromatic heterocycles. The van der Waals surface area contributed by atoms with Crippen molar-refractivity contribution in [2.45, 2.75) is 0 Å². The van der Waals surface area contributed by atoms with Gasteiger partial charge in [0.1, 0.15) is 0 Å². The molecule has 0 aromatic carbocycles. The molecule has 0 spiro atoms. The average molecular weight is 223 g/mol. The van der Waals surface area contributed by atoms with E-state index in [1.54, 1.807) is 0 Å². The van der Waals surface area contributed by atoms with Gasteiger partial charge in [0.15, 0.2) is 9.84 Å². The summed E-state index contributed by atoms with van der Waals surface area (Å²) >= 11 is 0.244. The Morgan fingerprint density at radius 1 is 1.33 bits per heavy atom. The number of aliphatic hydroxyl groups is 1. The number of hydrogen-bond donors (Lipinski definition) is 1. The molecule has 0 aliphatic heterocycles. The summed E-state index contributed by atoms with van der Waals surface area (Å²) in [6, 6.07) is 0. The van der Waals surface area contributed by atoms with Gasteiger partial charge in [-0.2, -0.15) is 0 Å². The van der Waals surface area contributed by atoms with Gasteiger partial charge in [-0.3, -0.25) is 12.0 Å². The Balaban J connectivity index is -0.000000405. The van der Waals surface area contributed by atoms with Crippen LogP contribution in [0, 0.1) is 7.43 Å². The molecule has 0 amide bonds. The number of aliphatic hydroxyl groups excluding tert-OH is 1. The van der Waals surface area contributed by atoms with E-state index in [2.05, 4.69) is 0 Å². The van der Waals surface area contributed by atoms with E-state index in [-0.39, 0.29) is 72.9 Å². The van der Waals surface area contributed by atoms with Crippen LogP contribution in [0.15, 0.2) is 0 Å². The molecule has 7 heteroatoms. The molecule has 12 heavy (non-hydrogen) atoms. The minimum atomic E-state index is -3.16. The first kappa shape index (κ1) is 18.9. The van der Waals surface area contributed by atoms with Gasteiger partial charge in [-0.15, -0.1) is 0 Å². The van der Waals surface area contributed by atoms with E-state index < -0.39 is 9.84 Å². The summed E-state index contributed by atoms with van der Waals surface area (Å²) in [4.78, 5) is 0. The van der Waals surface area contributed by atoms with Crippen molar-refractivity contribution >= 4 is 21.9 Å². The van der Waals surface area contributed by atoms with E-state index in [1.807, 2.05) is 0 Å². The molecule has 0 aromatic rings. The predicted octanol–water partition coefficient (Wildman–Crippen LogP) is -3.29. The molecule has 0 rings (SSSR count). The maximum absolute atomic E-state index is 10.7. The van der Waals surface area contributed by atoms with Gasteiger partial charge in [0.05, 0.1) is 18.1 Å². The second-order valence-corrected chi connectivity index (χ2v) is 4.64. The molecule has 0 radical (unpaired) electrons. The molecule has 0 saturated heterocycles. The van der Waals surface area contributed by atoms with Crippen LogP contribution in [0.25, 0.3) is 0 Å². The molecule has 0 aliphatic rings. The first-order valence-corrected chi connectivity index (χ1v) is 5.41. The summed E-state index contributed by atoms with van der Waals surface area (Å²) in [5, 5.41) is 8.24. The maximum Gasteiger partial charge on any atom is 1.00 e. The van der Waals surface area contributed by atoms with Crippen molar-refractivity contribution in [2.75, 3.05) is 23.9 Å². The van der Waals surface area contributed by atoms with Crippen LogP contribution in [0.3, 0.4) is 0 Å². The molecular weight excluding hydrogens is 211 g/mol. The van der Waals surface area contributed by atoms with Crippen molar-refractivity contribution in [3.8, 4) is 0 Å². The molecule has 4 nitrogen and oxygen atoms in total. The second-order valence-electron chi connectivity index (χ2n) is 1.70. The van der Waals surface area contributed by atoms with Gasteiger partial charge in [-0.05, 0) is 5.75 Å². The van der Waals surface area contributed by atoms with Gasteiger partial charge < -0.3 is 17.1 Å². The Bertz CT molecular complexity index is 168. The van der Waals surface area contributed by atoms with Crippen molar-refractivity contribution < 1.29 is 47.6 Å². The fraction of sp³-hybridized carbons (Fsp3) is 0.800. The fourth-order valence-electron chi connectivity index (χ4n) is 0.402. The number of sulfone groups is 1. The summed E-state index contributed by atoms with van der Waals surface area (Å²) in [6.45, 7) is -0.369. The van der Waals surface area contributed by atoms with Crippen LogP contribution < -0.4 is 29.6 Å². The summed E-state index contributed by atoms with van der Waals surface area (Å²) < 4.78 is 31.1. The SMILES string of the molecule is O=S(=O)(CCO)CCS[O-].[CH3-].[Na+]. The zero-order valence-electron chi connectivity index (χ0n) is 7.32. The average Bonchev–Trinajstić information content (AvgIpc) is 1.84. The van der Waals surface area contributed by atoms with Gasteiger partial charge >= 0.3 is 29.6 Å². The molecule has 1 N–H and O–H groups in total. The Morgan fingerprint density at radius 2 is 1.83 bits per heavy atom. The normalized spacial score (nSPS) is 9.83. The molecule has 0 saturated carbocycles. The second kappa shape index (κ2) is 10.3. The third-order valence-corrected chi connectivity index (χ3v) is 3.14. The minimum Gasteiger partial charge on any atom is -0.799 e. The van der Waals surface area contributed by atoms with Gasteiger partial charge in [0.25, 0.3) is 0 Å². The van der Waals surface area contributed by atoms with E-state index in [9.17, 15) is 13.0 Å². The zero-order valence-corrected chi connectivity index (χ0v) is 10.9. The Morgan fingerprint density at radius 3 is 2.17 bits per heavy atom. The van der Waals surface area contributed by atoms with Crippen molar-refractivity contribution in [2.24, 2.45) is 0 Å². The van der Waals surface area contributed by atoms with Crippen LogP contribution in [0.5, 0.6) is 0 Å². The van der Waals surface area contributed by atoms with E-state index in [1.165, 1.54) is 0 Å². The van der Waals surface area contributed by atoms with Crippen molar-refractivity contribution in [1.29, 1.82) is 0 Å². The van der Waals surface area contributed by atoms with Crippen LogP contribution in [0.4, 0.5) is 0 Å². The topological polar surface area (TPSA) is 77.4 Å². The zero-order chi connectivity index (χ0) is 8.04. The number of rotatable bonds is 5. The van der Waals surface area contributed by atoms with Crippen LogP contribution in [-0.2, 0) is 9.84 Å². The first-order chi connectivity index (χ1) is 4.62. The summed E-state index contributed by atoms with van der Waals surface area (Å²) in [5.74, 6) is -0.322. The smallest absolute Gasteiger partial charge is 0.799 e. The van der Waals surface area contributed by atoms with Gasteiger partial charge in [0, 0.05) is 0 Å². The molecule has 0 unspecified atom stereocenters. The summed E-state index contributed by atoms with van der Waals surface area (Å²) in [6.07, 6.45) is 0. The third kappa shape index (κ3) is 11.2. The third-order valence-electron chi connectivity index (χ3n) is 0.880. The van der Waals surface area contributed by atoms with E-state index >= 15 is 0 Å². The van der Waals surface area contributed by atoms with Gasteiger partial charge in [-0.25, -0.2) is 8.42 Å². The molecule has 0 heterocycles. The minimum absolute atomic E-state index is 0. The molecule has 0 fully saturated rings. The number of hydrogen-bond acceptors (Lipinski definition) is 5. The van der Waals surface area contributed by atoms with Crippen molar-refractivity contribution in [1.82, 2.24) is 0 Å². The Kier molecular flexibility index (Phi) is 16.2. The van der Waals surface area contributed by atoms with Crippen molar-refractivity contribution in [3.05, 3.63) is 7.43 Å². The van der Waals surface area contributed by atoms with Crippen LogP contribution in [0.1, 0.15) is 0 Å². The maximum atomic E-state index is 10.7. The summed E-state index contributed by atoms with van der Waals surface area (Å²) in [5.41, 5.74) is 0. The standard InChI is InChI=1S/C4H10O4S2.CH3.Na/c5-1-3-10(7,8)4-2-9-6;;/h5-6H,1-4H2;1H3;/q;-1;+1/p-1.